The van der Waals surface area contributed by atoms with Gasteiger partial charge in [-0.1, -0.05) is 18.2 Å². The number of hydrogen-bond donors (Lipinski definition) is 1. The lowest BCUT2D eigenvalue weighted by molar-refractivity contribution is 0.0912. The number of benzene rings is 1. The van der Waals surface area contributed by atoms with E-state index in [0.717, 1.165) is 18.9 Å². The number of halogens is 2. The number of hydrogen-bond acceptors (Lipinski definition) is 3. The van der Waals surface area contributed by atoms with Crippen LogP contribution < -0.4 is 10.1 Å². The number of ether oxygens (including phenoxy) is 1. The zero-order valence-corrected chi connectivity index (χ0v) is 16.6. The van der Waals surface area contributed by atoms with Crippen LogP contribution in [0.25, 0.3) is 0 Å². The Morgan fingerprint density at radius 1 is 1.32 bits per heavy atom. The highest BCUT2D eigenvalue weighted by Crippen LogP contribution is 2.32. The van der Waals surface area contributed by atoms with Gasteiger partial charge in [0.15, 0.2) is 0 Å². The van der Waals surface area contributed by atoms with E-state index in [1.807, 2.05) is 44.2 Å². The summed E-state index contributed by atoms with van der Waals surface area (Å²) in [5.41, 5.74) is 1.32. The Bertz CT molecular complexity index is 683. The molecule has 0 aliphatic carbocycles. The average molecular weight is 447 g/mol. The smallest absolute Gasteiger partial charge is 0.253 e. The lowest BCUT2D eigenvalue weighted by Gasteiger charge is -2.27. The minimum absolute atomic E-state index is 0.0891. The maximum Gasteiger partial charge on any atom is 0.253 e. The second kappa shape index (κ2) is 7.15. The molecule has 0 fully saturated rings. The van der Waals surface area contributed by atoms with Gasteiger partial charge in [0, 0.05) is 5.54 Å². The SMILES string of the molecule is COc1ccccc1CC(C)(C)NC(=O)c1cc(Br)sc1Br. The first kappa shape index (κ1) is 17.5. The molecule has 1 amide bonds. The van der Waals surface area contributed by atoms with E-state index in [9.17, 15) is 4.79 Å². The lowest BCUT2D eigenvalue weighted by Crippen LogP contribution is -2.45. The molecule has 1 aromatic carbocycles. The number of rotatable bonds is 5. The maximum absolute atomic E-state index is 12.5. The van der Waals surface area contributed by atoms with Crippen LogP contribution in [0.4, 0.5) is 0 Å². The number of methoxy groups -OCH3 is 1. The van der Waals surface area contributed by atoms with Crippen molar-refractivity contribution < 1.29 is 9.53 Å². The lowest BCUT2D eigenvalue weighted by atomic mass is 9.94. The summed E-state index contributed by atoms with van der Waals surface area (Å²) in [5, 5.41) is 3.09. The summed E-state index contributed by atoms with van der Waals surface area (Å²) in [6.07, 6.45) is 0.686. The summed E-state index contributed by atoms with van der Waals surface area (Å²) in [6, 6.07) is 9.68. The van der Waals surface area contributed by atoms with Gasteiger partial charge in [-0.15, -0.1) is 11.3 Å². The molecule has 22 heavy (non-hydrogen) atoms. The van der Waals surface area contributed by atoms with Crippen molar-refractivity contribution in [2.24, 2.45) is 0 Å². The van der Waals surface area contributed by atoms with E-state index in [-0.39, 0.29) is 11.4 Å². The second-order valence-corrected chi connectivity index (χ2v) is 9.31. The minimum atomic E-state index is -0.389. The second-order valence-electron chi connectivity index (χ2n) is 5.56. The molecule has 6 heteroatoms. The van der Waals surface area contributed by atoms with Crippen molar-refractivity contribution in [3.63, 3.8) is 0 Å². The first-order valence-corrected chi connectivity index (χ1v) is 9.12. The summed E-state index contributed by atoms with van der Waals surface area (Å²) < 4.78 is 7.13. The Kier molecular flexibility index (Phi) is 5.69. The van der Waals surface area contributed by atoms with Gasteiger partial charge in [-0.3, -0.25) is 4.79 Å². The van der Waals surface area contributed by atoms with Crippen LogP contribution in [0.15, 0.2) is 37.9 Å². The molecule has 0 bridgehead atoms. The molecular weight excluding hydrogens is 430 g/mol. The van der Waals surface area contributed by atoms with Gasteiger partial charge in [0.2, 0.25) is 0 Å². The van der Waals surface area contributed by atoms with Gasteiger partial charge >= 0.3 is 0 Å². The number of carbonyl (C=O) groups excluding carboxylic acids is 1. The Balaban J connectivity index is 2.13. The van der Waals surface area contributed by atoms with Gasteiger partial charge < -0.3 is 10.1 Å². The van der Waals surface area contributed by atoms with Crippen molar-refractivity contribution >= 4 is 49.1 Å². The zero-order valence-electron chi connectivity index (χ0n) is 12.6. The minimum Gasteiger partial charge on any atom is -0.496 e. The summed E-state index contributed by atoms with van der Waals surface area (Å²) in [4.78, 5) is 12.5. The molecule has 1 N–H and O–H groups in total. The van der Waals surface area contributed by atoms with Crippen molar-refractivity contribution in [3.8, 4) is 5.75 Å². The number of para-hydroxylation sites is 1. The number of carbonyl (C=O) groups is 1. The molecule has 118 valence electrons. The van der Waals surface area contributed by atoms with E-state index in [0.29, 0.717) is 12.0 Å². The van der Waals surface area contributed by atoms with E-state index in [2.05, 4.69) is 37.2 Å². The highest BCUT2D eigenvalue weighted by molar-refractivity contribution is 9.12. The van der Waals surface area contributed by atoms with E-state index >= 15 is 0 Å². The van der Waals surface area contributed by atoms with Crippen LogP contribution in [0.1, 0.15) is 29.8 Å². The number of thiophene rings is 1. The van der Waals surface area contributed by atoms with E-state index in [4.69, 9.17) is 4.74 Å². The molecule has 0 saturated heterocycles. The van der Waals surface area contributed by atoms with Gasteiger partial charge in [0.1, 0.15) is 5.75 Å². The van der Waals surface area contributed by atoms with Crippen LogP contribution >= 0.6 is 43.2 Å². The van der Waals surface area contributed by atoms with Gasteiger partial charge in [0.25, 0.3) is 5.91 Å². The monoisotopic (exact) mass is 445 g/mol. The Labute approximate surface area is 151 Å². The van der Waals surface area contributed by atoms with Crippen LogP contribution in [0.2, 0.25) is 0 Å². The van der Waals surface area contributed by atoms with E-state index in [1.165, 1.54) is 11.3 Å². The molecule has 3 nitrogen and oxygen atoms in total. The van der Waals surface area contributed by atoms with Gasteiger partial charge in [-0.05, 0) is 69.8 Å². The molecular formula is C16H17Br2NO2S. The Morgan fingerprint density at radius 2 is 2.00 bits per heavy atom. The fraction of sp³-hybridized carbons (Fsp3) is 0.312. The van der Waals surface area contributed by atoms with Crippen molar-refractivity contribution in [1.82, 2.24) is 5.32 Å². The fourth-order valence-electron chi connectivity index (χ4n) is 2.24. The fourth-order valence-corrected chi connectivity index (χ4v) is 5.03. The highest BCUT2D eigenvalue weighted by atomic mass is 79.9. The van der Waals surface area contributed by atoms with Crippen LogP contribution in [-0.4, -0.2) is 18.6 Å². The normalized spacial score (nSPS) is 11.3. The van der Waals surface area contributed by atoms with Crippen LogP contribution in [0.5, 0.6) is 5.75 Å². The Hall–Kier alpha value is -0.850. The standard InChI is InChI=1S/C16H17Br2NO2S/c1-16(2,9-10-6-4-5-7-12(10)21-3)19-15(20)11-8-13(17)22-14(11)18/h4-8H,9H2,1-3H3,(H,19,20). The predicted molar refractivity (Wildman–Crippen MR) is 98.0 cm³/mol. The zero-order chi connectivity index (χ0) is 16.3. The average Bonchev–Trinajstić information content (AvgIpc) is 2.77. The first-order chi connectivity index (χ1) is 10.3. The quantitative estimate of drug-likeness (QED) is 0.699. The van der Waals surface area contributed by atoms with Gasteiger partial charge in [0.05, 0.1) is 20.2 Å². The maximum atomic E-state index is 12.5. The third kappa shape index (κ3) is 4.33. The molecule has 0 saturated carbocycles. The van der Waals surface area contributed by atoms with Crippen LogP contribution in [0.3, 0.4) is 0 Å². The van der Waals surface area contributed by atoms with Gasteiger partial charge in [-0.2, -0.15) is 0 Å². The molecule has 0 aliphatic rings. The van der Waals surface area contributed by atoms with E-state index in [1.54, 1.807) is 7.11 Å². The molecule has 1 heterocycles. The molecule has 1 aromatic heterocycles. The molecule has 0 spiro atoms. The highest BCUT2D eigenvalue weighted by Gasteiger charge is 2.25. The number of amides is 1. The predicted octanol–water partition coefficient (Wildman–Crippen LogP) is 5.03. The van der Waals surface area contributed by atoms with Crippen LogP contribution in [0, 0.1) is 0 Å². The molecule has 0 aliphatic heterocycles. The summed E-state index contributed by atoms with van der Waals surface area (Å²) in [5.74, 6) is 0.748. The summed E-state index contributed by atoms with van der Waals surface area (Å²) in [6.45, 7) is 4.01. The van der Waals surface area contributed by atoms with Crippen molar-refractivity contribution in [2.75, 3.05) is 7.11 Å². The molecule has 0 atom stereocenters. The topological polar surface area (TPSA) is 38.3 Å². The van der Waals surface area contributed by atoms with Gasteiger partial charge in [-0.25, -0.2) is 0 Å². The summed E-state index contributed by atoms with van der Waals surface area (Å²) in [7, 11) is 1.66. The van der Waals surface area contributed by atoms with Crippen LogP contribution in [-0.2, 0) is 6.42 Å². The molecule has 2 rings (SSSR count). The first-order valence-electron chi connectivity index (χ1n) is 6.71. The molecule has 2 aromatic rings. The largest absolute Gasteiger partial charge is 0.496 e. The Morgan fingerprint density at radius 3 is 2.59 bits per heavy atom. The van der Waals surface area contributed by atoms with Crippen molar-refractivity contribution in [2.45, 2.75) is 25.8 Å². The third-order valence-electron chi connectivity index (χ3n) is 3.18. The molecule has 0 unspecified atom stereocenters. The third-order valence-corrected chi connectivity index (χ3v) is 5.52. The molecule has 0 radical (unpaired) electrons. The van der Waals surface area contributed by atoms with E-state index < -0.39 is 0 Å². The number of nitrogens with one attached hydrogen (secondary N) is 1. The summed E-state index contributed by atoms with van der Waals surface area (Å²) >= 11 is 8.30. The van der Waals surface area contributed by atoms with Crippen molar-refractivity contribution in [1.29, 1.82) is 0 Å². The van der Waals surface area contributed by atoms with Crippen molar-refractivity contribution in [3.05, 3.63) is 49.0 Å².